The molecule has 2 heterocycles. The number of hydrogen-bond donors (Lipinski definition) is 0. The number of halogens is 1. The number of hydrogen-bond acceptors (Lipinski definition) is 5. The summed E-state index contributed by atoms with van der Waals surface area (Å²) in [6.07, 6.45) is 1.72. The summed E-state index contributed by atoms with van der Waals surface area (Å²) < 4.78 is 11.9. The highest BCUT2D eigenvalue weighted by Crippen LogP contribution is 2.24. The van der Waals surface area contributed by atoms with Crippen LogP contribution in [0.2, 0.25) is 0 Å². The number of nitrogens with zero attached hydrogens (tertiary/aromatic N) is 2. The molecule has 0 unspecified atom stereocenters. The molecule has 0 atom stereocenters. The lowest BCUT2D eigenvalue weighted by Crippen LogP contribution is -2.16. The Balaban J connectivity index is 1.64. The summed E-state index contributed by atoms with van der Waals surface area (Å²) in [5, 5.41) is 0. The highest BCUT2D eigenvalue weighted by Gasteiger charge is 2.10. The van der Waals surface area contributed by atoms with Gasteiger partial charge in [-0.15, -0.1) is 11.3 Å². The number of methoxy groups -OCH3 is 1. The Labute approximate surface area is 147 Å². The minimum atomic E-state index is 0.634. The average molecular weight is 393 g/mol. The lowest BCUT2D eigenvalue weighted by Gasteiger charge is -2.13. The van der Waals surface area contributed by atoms with Gasteiger partial charge >= 0.3 is 0 Å². The van der Waals surface area contributed by atoms with E-state index >= 15 is 0 Å². The van der Waals surface area contributed by atoms with E-state index in [4.69, 9.17) is 9.15 Å². The lowest BCUT2D eigenvalue weighted by molar-refractivity contribution is 0.317. The van der Waals surface area contributed by atoms with Crippen LogP contribution < -0.4 is 4.74 Å². The monoisotopic (exact) mass is 392 g/mol. The van der Waals surface area contributed by atoms with Crippen LogP contribution in [0.25, 0.3) is 11.5 Å². The number of oxazole rings is 1. The van der Waals surface area contributed by atoms with Gasteiger partial charge in [-0.2, -0.15) is 0 Å². The van der Waals surface area contributed by atoms with Gasteiger partial charge in [-0.1, -0.05) is 0 Å². The molecule has 0 saturated heterocycles. The van der Waals surface area contributed by atoms with Gasteiger partial charge in [-0.05, 0) is 59.4 Å². The lowest BCUT2D eigenvalue weighted by atomic mass is 10.2. The van der Waals surface area contributed by atoms with Crippen LogP contribution in [0.4, 0.5) is 0 Å². The number of ether oxygens (including phenoxy) is 1. The Morgan fingerprint density at radius 3 is 2.61 bits per heavy atom. The highest BCUT2D eigenvalue weighted by molar-refractivity contribution is 9.11. The largest absolute Gasteiger partial charge is 0.497 e. The molecule has 0 N–H and O–H groups in total. The van der Waals surface area contributed by atoms with Crippen molar-refractivity contribution in [1.82, 2.24) is 9.88 Å². The SMILES string of the molecule is COc1ccc(-c2nc(CN(C)Cc3ccc(Br)s3)co2)cc1. The predicted octanol–water partition coefficient (Wildman–Crippen LogP) is 4.81. The molecule has 0 saturated carbocycles. The van der Waals surface area contributed by atoms with E-state index < -0.39 is 0 Å². The molecular weight excluding hydrogens is 376 g/mol. The minimum Gasteiger partial charge on any atom is -0.497 e. The van der Waals surface area contributed by atoms with Crippen molar-refractivity contribution in [1.29, 1.82) is 0 Å². The zero-order valence-electron chi connectivity index (χ0n) is 13.0. The van der Waals surface area contributed by atoms with Crippen molar-refractivity contribution in [2.75, 3.05) is 14.2 Å². The van der Waals surface area contributed by atoms with Gasteiger partial charge in [0.25, 0.3) is 0 Å². The third kappa shape index (κ3) is 4.22. The van der Waals surface area contributed by atoms with Crippen molar-refractivity contribution in [3.8, 4) is 17.2 Å². The third-order valence-electron chi connectivity index (χ3n) is 3.38. The summed E-state index contributed by atoms with van der Waals surface area (Å²) >= 11 is 5.24. The smallest absolute Gasteiger partial charge is 0.226 e. The Bertz CT molecular complexity index is 767. The maximum Gasteiger partial charge on any atom is 0.226 e. The maximum atomic E-state index is 5.60. The van der Waals surface area contributed by atoms with Crippen LogP contribution in [0.1, 0.15) is 10.6 Å². The third-order valence-corrected chi connectivity index (χ3v) is 4.98. The van der Waals surface area contributed by atoms with Crippen LogP contribution in [-0.2, 0) is 13.1 Å². The van der Waals surface area contributed by atoms with E-state index in [1.165, 1.54) is 4.88 Å². The van der Waals surface area contributed by atoms with E-state index in [-0.39, 0.29) is 0 Å². The molecule has 120 valence electrons. The van der Waals surface area contributed by atoms with Crippen LogP contribution in [0, 0.1) is 0 Å². The summed E-state index contributed by atoms with van der Waals surface area (Å²) in [5.41, 5.74) is 1.87. The molecule has 0 aliphatic heterocycles. The Hall–Kier alpha value is -1.63. The van der Waals surface area contributed by atoms with Crippen LogP contribution in [0.5, 0.6) is 5.75 Å². The van der Waals surface area contributed by atoms with Crippen molar-refractivity contribution >= 4 is 27.3 Å². The van der Waals surface area contributed by atoms with Crippen LogP contribution in [-0.4, -0.2) is 24.0 Å². The predicted molar refractivity (Wildman–Crippen MR) is 95.7 cm³/mol. The normalized spacial score (nSPS) is 11.1. The molecule has 0 aliphatic carbocycles. The van der Waals surface area contributed by atoms with Gasteiger partial charge in [-0.25, -0.2) is 4.98 Å². The topological polar surface area (TPSA) is 38.5 Å². The molecular formula is C17H17BrN2O2S. The zero-order valence-corrected chi connectivity index (χ0v) is 15.4. The Kier molecular flexibility index (Phi) is 5.15. The number of benzene rings is 1. The number of rotatable bonds is 6. The fourth-order valence-electron chi connectivity index (χ4n) is 2.28. The molecule has 0 spiro atoms. The van der Waals surface area contributed by atoms with E-state index in [0.29, 0.717) is 5.89 Å². The van der Waals surface area contributed by atoms with Gasteiger partial charge in [0.2, 0.25) is 5.89 Å². The summed E-state index contributed by atoms with van der Waals surface area (Å²) in [5.74, 6) is 1.46. The van der Waals surface area contributed by atoms with E-state index in [0.717, 1.165) is 33.9 Å². The molecule has 3 aromatic rings. The maximum absolute atomic E-state index is 5.60. The molecule has 3 rings (SSSR count). The first-order valence-electron chi connectivity index (χ1n) is 7.15. The fraction of sp³-hybridized carbons (Fsp3) is 0.235. The number of aromatic nitrogens is 1. The Morgan fingerprint density at radius 2 is 1.96 bits per heavy atom. The van der Waals surface area contributed by atoms with Gasteiger partial charge < -0.3 is 9.15 Å². The fourth-order valence-corrected chi connectivity index (χ4v) is 3.84. The molecule has 4 nitrogen and oxygen atoms in total. The van der Waals surface area contributed by atoms with Crippen LogP contribution >= 0.6 is 27.3 Å². The van der Waals surface area contributed by atoms with Gasteiger partial charge in [0, 0.05) is 23.5 Å². The molecule has 1 aromatic carbocycles. The van der Waals surface area contributed by atoms with Crippen LogP contribution in [0.15, 0.2) is 50.9 Å². The van der Waals surface area contributed by atoms with Crippen molar-refractivity contribution in [2.45, 2.75) is 13.1 Å². The molecule has 2 aromatic heterocycles. The van der Waals surface area contributed by atoms with E-state index in [1.807, 2.05) is 24.3 Å². The van der Waals surface area contributed by atoms with Crippen molar-refractivity contribution in [2.24, 2.45) is 0 Å². The second kappa shape index (κ2) is 7.29. The summed E-state index contributed by atoms with van der Waals surface area (Å²) in [6.45, 7) is 1.64. The van der Waals surface area contributed by atoms with Gasteiger partial charge in [0.15, 0.2) is 0 Å². The number of thiophene rings is 1. The molecule has 0 bridgehead atoms. The first-order valence-corrected chi connectivity index (χ1v) is 8.76. The second-order valence-corrected chi connectivity index (χ2v) is 7.80. The molecule has 23 heavy (non-hydrogen) atoms. The molecule has 0 aliphatic rings. The molecule has 0 radical (unpaired) electrons. The minimum absolute atomic E-state index is 0.634. The quantitative estimate of drug-likeness (QED) is 0.603. The molecule has 0 amide bonds. The van der Waals surface area contributed by atoms with Crippen molar-refractivity contribution in [3.05, 3.63) is 57.0 Å². The van der Waals surface area contributed by atoms with E-state index in [2.05, 4.69) is 45.0 Å². The van der Waals surface area contributed by atoms with Gasteiger partial charge in [0.05, 0.1) is 16.6 Å². The second-order valence-electron chi connectivity index (χ2n) is 5.25. The first kappa shape index (κ1) is 16.2. The summed E-state index contributed by atoms with van der Waals surface area (Å²) in [4.78, 5) is 8.10. The average Bonchev–Trinajstić information content (AvgIpc) is 3.16. The standard InChI is InChI=1S/C17H17BrN2O2S/c1-20(10-15-7-8-16(18)23-15)9-13-11-22-17(19-13)12-3-5-14(21-2)6-4-12/h3-8,11H,9-10H2,1-2H3. The van der Waals surface area contributed by atoms with Crippen molar-refractivity contribution < 1.29 is 9.15 Å². The van der Waals surface area contributed by atoms with E-state index in [9.17, 15) is 0 Å². The highest BCUT2D eigenvalue weighted by atomic mass is 79.9. The van der Waals surface area contributed by atoms with Crippen LogP contribution in [0.3, 0.4) is 0 Å². The Morgan fingerprint density at radius 1 is 1.17 bits per heavy atom. The molecule has 0 fully saturated rings. The summed E-state index contributed by atoms with van der Waals surface area (Å²) in [7, 11) is 3.73. The zero-order chi connectivity index (χ0) is 16.2. The summed E-state index contributed by atoms with van der Waals surface area (Å²) in [6, 6.07) is 11.9. The van der Waals surface area contributed by atoms with E-state index in [1.54, 1.807) is 24.7 Å². The van der Waals surface area contributed by atoms with Crippen molar-refractivity contribution in [3.63, 3.8) is 0 Å². The molecule has 6 heteroatoms. The van der Waals surface area contributed by atoms with Gasteiger partial charge in [0.1, 0.15) is 12.0 Å². The first-order chi connectivity index (χ1) is 11.1. The van der Waals surface area contributed by atoms with Gasteiger partial charge in [-0.3, -0.25) is 4.90 Å².